The molecule has 21 heavy (non-hydrogen) atoms. The van der Waals surface area contributed by atoms with E-state index in [1.807, 2.05) is 0 Å². The lowest BCUT2D eigenvalue weighted by Crippen LogP contribution is -2.27. The fourth-order valence-electron chi connectivity index (χ4n) is 2.83. The number of carboxylic acid groups (broad SMARTS) is 1. The lowest BCUT2D eigenvalue weighted by atomic mass is 10.1. The maximum absolute atomic E-state index is 13.8. The molecule has 4 nitrogen and oxygen atoms in total. The summed E-state index contributed by atoms with van der Waals surface area (Å²) in [6, 6.07) is 4.09. The van der Waals surface area contributed by atoms with Gasteiger partial charge in [-0.15, -0.1) is 0 Å². The third-order valence-corrected chi connectivity index (χ3v) is 3.93. The van der Waals surface area contributed by atoms with Crippen LogP contribution in [0.25, 0.3) is 0 Å². The Bertz CT molecular complexity index is 493. The van der Waals surface area contributed by atoms with E-state index in [1.165, 1.54) is 18.2 Å². The van der Waals surface area contributed by atoms with Gasteiger partial charge in [0, 0.05) is 12.6 Å². The second-order valence-electron chi connectivity index (χ2n) is 5.61. The summed E-state index contributed by atoms with van der Waals surface area (Å²) in [5, 5.41) is 12.2. The highest BCUT2D eigenvalue weighted by molar-refractivity contribution is 5.88. The average Bonchev–Trinajstić information content (AvgIpc) is 2.67. The van der Waals surface area contributed by atoms with Crippen molar-refractivity contribution in [3.05, 3.63) is 29.6 Å². The second kappa shape index (κ2) is 7.41. The minimum absolute atomic E-state index is 0.111. The van der Waals surface area contributed by atoms with Crippen LogP contribution in [-0.4, -0.2) is 41.7 Å². The quantitative estimate of drug-likeness (QED) is 0.875. The highest BCUT2D eigenvalue weighted by Crippen LogP contribution is 2.21. The molecule has 1 aliphatic rings. The molecule has 0 saturated carbocycles. The molecular formula is C16H23FN2O2. The lowest BCUT2D eigenvalue weighted by Gasteiger charge is -2.20. The monoisotopic (exact) mass is 294 g/mol. The lowest BCUT2D eigenvalue weighted by molar-refractivity contribution is 0.0697. The molecule has 116 valence electrons. The molecule has 0 aliphatic carbocycles. The van der Waals surface area contributed by atoms with E-state index in [-0.39, 0.29) is 11.6 Å². The van der Waals surface area contributed by atoms with E-state index in [0.717, 1.165) is 45.3 Å². The van der Waals surface area contributed by atoms with Crippen LogP contribution < -0.4 is 5.32 Å². The number of carboxylic acids is 1. The largest absolute Gasteiger partial charge is 0.478 e. The summed E-state index contributed by atoms with van der Waals surface area (Å²) in [5.74, 6) is -1.43. The zero-order valence-electron chi connectivity index (χ0n) is 12.4. The van der Waals surface area contributed by atoms with Gasteiger partial charge < -0.3 is 15.3 Å². The molecule has 1 aliphatic heterocycles. The molecule has 0 spiro atoms. The SMILES string of the molecule is CCCN1CCCC(Nc2cc(C(=O)O)ccc2F)CC1. The normalized spacial score (nSPS) is 20.0. The van der Waals surface area contributed by atoms with Crippen molar-refractivity contribution in [1.82, 2.24) is 4.90 Å². The van der Waals surface area contributed by atoms with Gasteiger partial charge >= 0.3 is 5.97 Å². The van der Waals surface area contributed by atoms with E-state index >= 15 is 0 Å². The number of carbonyl (C=O) groups is 1. The maximum atomic E-state index is 13.8. The Kier molecular flexibility index (Phi) is 5.56. The standard InChI is InChI=1S/C16H23FN2O2/c1-2-8-19-9-3-4-13(7-10-19)18-15-11-12(16(20)21)5-6-14(15)17/h5-6,11,13,18H,2-4,7-10H2,1H3,(H,20,21). The Morgan fingerprint density at radius 1 is 1.43 bits per heavy atom. The molecule has 0 aromatic heterocycles. The average molecular weight is 294 g/mol. The van der Waals surface area contributed by atoms with Gasteiger partial charge in [0.15, 0.2) is 0 Å². The van der Waals surface area contributed by atoms with Crippen molar-refractivity contribution in [3.63, 3.8) is 0 Å². The molecule has 1 heterocycles. The summed E-state index contributed by atoms with van der Waals surface area (Å²) < 4.78 is 13.8. The van der Waals surface area contributed by atoms with E-state index in [1.54, 1.807) is 0 Å². The molecule has 1 fully saturated rings. The Hall–Kier alpha value is -1.62. The zero-order chi connectivity index (χ0) is 15.2. The molecule has 2 N–H and O–H groups in total. The molecule has 2 rings (SSSR count). The van der Waals surface area contributed by atoms with Crippen molar-refractivity contribution in [2.24, 2.45) is 0 Å². The van der Waals surface area contributed by atoms with Crippen LogP contribution in [-0.2, 0) is 0 Å². The fraction of sp³-hybridized carbons (Fsp3) is 0.562. The molecule has 1 saturated heterocycles. The summed E-state index contributed by atoms with van der Waals surface area (Å²) in [7, 11) is 0. The number of rotatable bonds is 5. The molecule has 5 heteroatoms. The summed E-state index contributed by atoms with van der Waals surface area (Å²) in [4.78, 5) is 13.4. The van der Waals surface area contributed by atoms with Gasteiger partial charge in [-0.2, -0.15) is 0 Å². The number of aromatic carboxylic acids is 1. The third-order valence-electron chi connectivity index (χ3n) is 3.93. The minimum atomic E-state index is -1.03. The Balaban J connectivity index is 2.01. The van der Waals surface area contributed by atoms with Crippen LogP contribution in [0, 0.1) is 5.82 Å². The number of anilines is 1. The number of nitrogens with one attached hydrogen (secondary N) is 1. The Morgan fingerprint density at radius 3 is 2.95 bits per heavy atom. The summed E-state index contributed by atoms with van der Waals surface area (Å²) in [5.41, 5.74) is 0.406. The molecule has 1 unspecified atom stereocenters. The van der Waals surface area contributed by atoms with Gasteiger partial charge in [0.2, 0.25) is 0 Å². The van der Waals surface area contributed by atoms with Gasteiger partial charge in [0.1, 0.15) is 5.82 Å². The Morgan fingerprint density at radius 2 is 2.24 bits per heavy atom. The van der Waals surface area contributed by atoms with Gasteiger partial charge in [0.05, 0.1) is 11.3 Å². The van der Waals surface area contributed by atoms with Crippen molar-refractivity contribution in [2.45, 2.75) is 38.6 Å². The van der Waals surface area contributed by atoms with Crippen molar-refractivity contribution in [2.75, 3.05) is 25.0 Å². The number of likely N-dealkylation sites (tertiary alicyclic amines) is 1. The number of hydrogen-bond acceptors (Lipinski definition) is 3. The van der Waals surface area contributed by atoms with Gasteiger partial charge in [0.25, 0.3) is 0 Å². The molecule has 1 aromatic carbocycles. The second-order valence-corrected chi connectivity index (χ2v) is 5.61. The summed E-state index contributed by atoms with van der Waals surface area (Å²) >= 11 is 0. The van der Waals surface area contributed by atoms with E-state index in [0.29, 0.717) is 5.69 Å². The maximum Gasteiger partial charge on any atom is 0.335 e. The van der Waals surface area contributed by atoms with Crippen molar-refractivity contribution in [3.8, 4) is 0 Å². The van der Waals surface area contributed by atoms with E-state index in [4.69, 9.17) is 5.11 Å². The predicted molar refractivity (Wildman–Crippen MR) is 81.4 cm³/mol. The van der Waals surface area contributed by atoms with Crippen LogP contribution in [0.5, 0.6) is 0 Å². The molecular weight excluding hydrogens is 271 g/mol. The molecule has 0 bridgehead atoms. The number of nitrogens with zero attached hydrogens (tertiary/aromatic N) is 1. The van der Waals surface area contributed by atoms with Crippen LogP contribution in [0.2, 0.25) is 0 Å². The summed E-state index contributed by atoms with van der Waals surface area (Å²) in [6.45, 7) is 5.37. The number of benzene rings is 1. The minimum Gasteiger partial charge on any atom is -0.478 e. The van der Waals surface area contributed by atoms with Crippen molar-refractivity contribution >= 4 is 11.7 Å². The first-order valence-corrected chi connectivity index (χ1v) is 7.62. The molecule has 0 radical (unpaired) electrons. The smallest absolute Gasteiger partial charge is 0.335 e. The predicted octanol–water partition coefficient (Wildman–Crippen LogP) is 3.20. The number of hydrogen-bond donors (Lipinski definition) is 2. The molecule has 1 aromatic rings. The van der Waals surface area contributed by atoms with Gasteiger partial charge in [-0.3, -0.25) is 0 Å². The zero-order valence-corrected chi connectivity index (χ0v) is 12.4. The van der Waals surface area contributed by atoms with Crippen LogP contribution in [0.1, 0.15) is 43.0 Å². The summed E-state index contributed by atoms with van der Waals surface area (Å²) in [6.07, 6.45) is 4.17. The van der Waals surface area contributed by atoms with Crippen LogP contribution >= 0.6 is 0 Å². The third kappa shape index (κ3) is 4.43. The van der Waals surface area contributed by atoms with Crippen LogP contribution in [0.15, 0.2) is 18.2 Å². The van der Waals surface area contributed by atoms with Crippen LogP contribution in [0.3, 0.4) is 0 Å². The van der Waals surface area contributed by atoms with E-state index in [2.05, 4.69) is 17.1 Å². The topological polar surface area (TPSA) is 52.6 Å². The number of halogens is 1. The van der Waals surface area contributed by atoms with Gasteiger partial charge in [-0.1, -0.05) is 6.92 Å². The molecule has 1 atom stereocenters. The van der Waals surface area contributed by atoms with E-state index < -0.39 is 11.8 Å². The Labute approximate surface area is 125 Å². The van der Waals surface area contributed by atoms with Crippen LogP contribution in [0.4, 0.5) is 10.1 Å². The van der Waals surface area contributed by atoms with Gasteiger partial charge in [-0.05, 0) is 57.0 Å². The van der Waals surface area contributed by atoms with Gasteiger partial charge in [-0.25, -0.2) is 9.18 Å². The highest BCUT2D eigenvalue weighted by atomic mass is 19.1. The van der Waals surface area contributed by atoms with Crippen molar-refractivity contribution in [1.29, 1.82) is 0 Å². The molecule has 0 amide bonds. The first-order valence-electron chi connectivity index (χ1n) is 7.62. The first-order chi connectivity index (χ1) is 10.1. The first kappa shape index (κ1) is 15.8. The van der Waals surface area contributed by atoms with E-state index in [9.17, 15) is 9.18 Å². The fourth-order valence-corrected chi connectivity index (χ4v) is 2.83. The van der Waals surface area contributed by atoms with Crippen molar-refractivity contribution < 1.29 is 14.3 Å². The highest BCUT2D eigenvalue weighted by Gasteiger charge is 2.18.